The number of aromatic nitrogens is 2. The summed E-state index contributed by atoms with van der Waals surface area (Å²) in [6.45, 7) is 1.81. The first-order chi connectivity index (χ1) is 11.3. The van der Waals surface area contributed by atoms with Crippen LogP contribution in [0.5, 0.6) is 0 Å². The molecule has 7 heteroatoms. The number of anilines is 1. The van der Waals surface area contributed by atoms with E-state index in [1.54, 1.807) is 23.5 Å². The highest BCUT2D eigenvalue weighted by Gasteiger charge is 2.25. The Morgan fingerprint density at radius 3 is 3.09 bits per heavy atom. The molecule has 0 spiro atoms. The number of carbonyl (C=O) groups is 1. The average Bonchev–Trinajstić information content (AvgIpc) is 3.26. The van der Waals surface area contributed by atoms with Crippen molar-refractivity contribution in [3.63, 3.8) is 0 Å². The molecule has 0 saturated carbocycles. The molecule has 122 valence electrons. The summed E-state index contributed by atoms with van der Waals surface area (Å²) >= 11 is 1.43. The molecule has 2 aromatic rings. The van der Waals surface area contributed by atoms with Crippen molar-refractivity contribution in [2.24, 2.45) is 0 Å². The van der Waals surface area contributed by atoms with Gasteiger partial charge in [-0.1, -0.05) is 6.07 Å². The number of pyridine rings is 1. The standard InChI is InChI=1S/C16H20N4O2S/c1-17-16-19-14(11-23-16)15(21)20(10-13-6-4-8-22-13)9-12-5-2-3-7-18-12/h2-3,5,7,11,13H,4,6,8-10H2,1H3,(H,17,19)/t13-/m1/s1. The van der Waals surface area contributed by atoms with Crippen LogP contribution < -0.4 is 5.32 Å². The molecule has 1 fully saturated rings. The Morgan fingerprint density at radius 1 is 1.52 bits per heavy atom. The van der Waals surface area contributed by atoms with Gasteiger partial charge in [0.1, 0.15) is 5.69 Å². The highest BCUT2D eigenvalue weighted by molar-refractivity contribution is 7.13. The molecular weight excluding hydrogens is 312 g/mol. The van der Waals surface area contributed by atoms with Crippen LogP contribution in [0.4, 0.5) is 5.13 Å². The van der Waals surface area contributed by atoms with E-state index in [-0.39, 0.29) is 12.0 Å². The molecule has 1 aliphatic heterocycles. The van der Waals surface area contributed by atoms with Crippen LogP contribution in [0.2, 0.25) is 0 Å². The largest absolute Gasteiger partial charge is 0.376 e. The maximum Gasteiger partial charge on any atom is 0.273 e. The van der Waals surface area contributed by atoms with Crippen LogP contribution in [0.1, 0.15) is 29.0 Å². The summed E-state index contributed by atoms with van der Waals surface area (Å²) in [5.74, 6) is -0.0797. The Morgan fingerprint density at radius 2 is 2.43 bits per heavy atom. The van der Waals surface area contributed by atoms with Gasteiger partial charge < -0.3 is 15.0 Å². The first kappa shape index (κ1) is 15.9. The summed E-state index contributed by atoms with van der Waals surface area (Å²) in [4.78, 5) is 23.3. The Hall–Kier alpha value is -1.99. The molecule has 0 aromatic carbocycles. The van der Waals surface area contributed by atoms with Crippen molar-refractivity contribution in [1.29, 1.82) is 0 Å². The molecule has 3 heterocycles. The molecule has 2 aromatic heterocycles. The zero-order chi connectivity index (χ0) is 16.1. The van der Waals surface area contributed by atoms with Crippen molar-refractivity contribution in [1.82, 2.24) is 14.9 Å². The van der Waals surface area contributed by atoms with Gasteiger partial charge in [-0.05, 0) is 25.0 Å². The second-order valence-corrected chi connectivity index (χ2v) is 6.29. The Labute approximate surface area is 139 Å². The molecule has 1 amide bonds. The third-order valence-corrected chi connectivity index (χ3v) is 4.61. The quantitative estimate of drug-likeness (QED) is 0.880. The number of rotatable bonds is 6. The summed E-state index contributed by atoms with van der Waals surface area (Å²) in [6, 6.07) is 5.73. The van der Waals surface area contributed by atoms with E-state index in [2.05, 4.69) is 15.3 Å². The maximum absolute atomic E-state index is 12.8. The lowest BCUT2D eigenvalue weighted by molar-refractivity contribution is 0.0500. The lowest BCUT2D eigenvalue weighted by Crippen LogP contribution is -2.37. The van der Waals surface area contributed by atoms with E-state index in [0.29, 0.717) is 18.8 Å². The predicted octanol–water partition coefficient (Wildman–Crippen LogP) is 2.40. The average molecular weight is 332 g/mol. The third-order valence-electron chi connectivity index (χ3n) is 3.75. The molecule has 3 rings (SSSR count). The third kappa shape index (κ3) is 4.05. The van der Waals surface area contributed by atoms with E-state index < -0.39 is 0 Å². The van der Waals surface area contributed by atoms with Gasteiger partial charge in [0.25, 0.3) is 5.91 Å². The molecule has 0 aliphatic carbocycles. The van der Waals surface area contributed by atoms with Crippen LogP contribution in [-0.4, -0.2) is 47.1 Å². The Kier molecular flexibility index (Phi) is 5.19. The Balaban J connectivity index is 1.76. The molecule has 23 heavy (non-hydrogen) atoms. The first-order valence-electron chi connectivity index (χ1n) is 7.70. The van der Waals surface area contributed by atoms with Crippen LogP contribution in [-0.2, 0) is 11.3 Å². The smallest absolute Gasteiger partial charge is 0.273 e. The molecule has 1 saturated heterocycles. The lowest BCUT2D eigenvalue weighted by atomic mass is 10.2. The van der Waals surface area contributed by atoms with E-state index >= 15 is 0 Å². The highest BCUT2D eigenvalue weighted by atomic mass is 32.1. The molecule has 1 atom stereocenters. The van der Waals surface area contributed by atoms with Gasteiger partial charge >= 0.3 is 0 Å². The van der Waals surface area contributed by atoms with Gasteiger partial charge in [-0.25, -0.2) is 4.98 Å². The summed E-state index contributed by atoms with van der Waals surface area (Å²) < 4.78 is 5.69. The van der Waals surface area contributed by atoms with Crippen molar-refractivity contribution in [2.45, 2.75) is 25.5 Å². The number of thiazole rings is 1. The zero-order valence-corrected chi connectivity index (χ0v) is 13.9. The Bertz CT molecular complexity index is 641. The van der Waals surface area contributed by atoms with Crippen molar-refractivity contribution in [3.8, 4) is 0 Å². The highest BCUT2D eigenvalue weighted by Crippen LogP contribution is 2.19. The van der Waals surface area contributed by atoms with Gasteiger partial charge in [-0.15, -0.1) is 11.3 Å². The van der Waals surface area contributed by atoms with E-state index in [1.807, 2.05) is 18.2 Å². The second-order valence-electron chi connectivity index (χ2n) is 5.43. The van der Waals surface area contributed by atoms with Crippen molar-refractivity contribution < 1.29 is 9.53 Å². The van der Waals surface area contributed by atoms with Crippen LogP contribution in [0, 0.1) is 0 Å². The molecule has 6 nitrogen and oxygen atoms in total. The molecule has 1 aliphatic rings. The zero-order valence-electron chi connectivity index (χ0n) is 13.1. The van der Waals surface area contributed by atoms with Crippen molar-refractivity contribution in [2.75, 3.05) is 25.5 Å². The van der Waals surface area contributed by atoms with Crippen molar-refractivity contribution in [3.05, 3.63) is 41.2 Å². The lowest BCUT2D eigenvalue weighted by Gasteiger charge is -2.24. The fourth-order valence-corrected chi connectivity index (χ4v) is 3.24. The van der Waals surface area contributed by atoms with Gasteiger partial charge in [0.2, 0.25) is 0 Å². The molecule has 0 unspecified atom stereocenters. The normalized spacial score (nSPS) is 17.2. The van der Waals surface area contributed by atoms with Gasteiger partial charge in [-0.2, -0.15) is 0 Å². The number of amides is 1. The number of hydrogen-bond acceptors (Lipinski definition) is 6. The minimum atomic E-state index is -0.0797. The number of nitrogens with zero attached hydrogens (tertiary/aromatic N) is 3. The van der Waals surface area contributed by atoms with E-state index in [9.17, 15) is 4.79 Å². The number of nitrogens with one attached hydrogen (secondary N) is 1. The van der Waals surface area contributed by atoms with Gasteiger partial charge in [-0.3, -0.25) is 9.78 Å². The van der Waals surface area contributed by atoms with Crippen LogP contribution >= 0.6 is 11.3 Å². The van der Waals surface area contributed by atoms with Gasteiger partial charge in [0, 0.05) is 31.8 Å². The maximum atomic E-state index is 12.8. The summed E-state index contributed by atoms with van der Waals surface area (Å²) in [6.07, 6.45) is 3.89. The number of hydrogen-bond donors (Lipinski definition) is 1. The molecular formula is C16H20N4O2S. The fourth-order valence-electron chi connectivity index (χ4n) is 2.59. The summed E-state index contributed by atoms with van der Waals surface area (Å²) in [5, 5.41) is 5.49. The van der Waals surface area contributed by atoms with Crippen LogP contribution in [0.15, 0.2) is 29.8 Å². The molecule has 0 bridgehead atoms. The van der Waals surface area contributed by atoms with Gasteiger partial charge in [0.15, 0.2) is 5.13 Å². The SMILES string of the molecule is CNc1nc(C(=O)N(Cc2ccccn2)C[C@H]2CCCO2)cs1. The minimum Gasteiger partial charge on any atom is -0.376 e. The number of carbonyl (C=O) groups excluding carboxylic acids is 1. The van der Waals surface area contributed by atoms with Crippen molar-refractivity contribution >= 4 is 22.4 Å². The predicted molar refractivity (Wildman–Crippen MR) is 89.6 cm³/mol. The fraction of sp³-hybridized carbons (Fsp3) is 0.438. The molecule has 0 radical (unpaired) electrons. The number of ether oxygens (including phenoxy) is 1. The monoisotopic (exact) mass is 332 g/mol. The summed E-state index contributed by atoms with van der Waals surface area (Å²) in [5.41, 5.74) is 1.33. The van der Waals surface area contributed by atoms with E-state index in [4.69, 9.17) is 4.74 Å². The van der Waals surface area contributed by atoms with E-state index in [0.717, 1.165) is 30.3 Å². The van der Waals surface area contributed by atoms with E-state index in [1.165, 1.54) is 11.3 Å². The minimum absolute atomic E-state index is 0.0797. The van der Waals surface area contributed by atoms with Gasteiger partial charge in [0.05, 0.1) is 18.3 Å². The first-order valence-corrected chi connectivity index (χ1v) is 8.58. The summed E-state index contributed by atoms with van der Waals surface area (Å²) in [7, 11) is 1.80. The second kappa shape index (κ2) is 7.52. The topological polar surface area (TPSA) is 67.4 Å². The molecule has 1 N–H and O–H groups in total. The van der Waals surface area contributed by atoms with Crippen LogP contribution in [0.25, 0.3) is 0 Å². The van der Waals surface area contributed by atoms with Crippen LogP contribution in [0.3, 0.4) is 0 Å².